The number of rotatable bonds is 7. The summed E-state index contributed by atoms with van der Waals surface area (Å²) < 4.78 is 5.37. The quantitative estimate of drug-likeness (QED) is 0.677. The molecule has 1 unspecified atom stereocenters. The average molecular weight is 202 g/mol. The minimum Gasteiger partial charge on any atom is -0.379 e. The second kappa shape index (κ2) is 6.38. The lowest BCUT2D eigenvalue weighted by molar-refractivity contribution is 0.00848. The Labute approximate surface area is 88.6 Å². The molecule has 14 heavy (non-hydrogen) atoms. The minimum atomic E-state index is -0.0137. The maximum Gasteiger partial charge on any atom is 0.0634 e. The molecule has 0 aliphatic heterocycles. The zero-order valence-corrected chi connectivity index (χ0v) is 10.3. The molecule has 0 saturated heterocycles. The fraction of sp³-hybridized carbons (Fsp3) is 1.00. The van der Waals surface area contributed by atoms with E-state index in [1.165, 1.54) is 0 Å². The first kappa shape index (κ1) is 13.9. The molecule has 0 aromatic carbocycles. The number of nitrogens with zero attached hydrogens (tertiary/aromatic N) is 1. The first-order valence-corrected chi connectivity index (χ1v) is 5.35. The monoisotopic (exact) mass is 202 g/mol. The van der Waals surface area contributed by atoms with Gasteiger partial charge in [0.25, 0.3) is 0 Å². The third kappa shape index (κ3) is 6.35. The van der Waals surface area contributed by atoms with E-state index in [2.05, 4.69) is 32.7 Å². The summed E-state index contributed by atoms with van der Waals surface area (Å²) in [5.41, 5.74) is 5.56. The van der Waals surface area contributed by atoms with Crippen LogP contribution in [0.3, 0.4) is 0 Å². The number of hydrogen-bond acceptors (Lipinski definition) is 3. The van der Waals surface area contributed by atoms with E-state index in [9.17, 15) is 0 Å². The van der Waals surface area contributed by atoms with Crippen LogP contribution >= 0.6 is 0 Å². The van der Waals surface area contributed by atoms with Crippen LogP contribution in [0.1, 0.15) is 27.2 Å². The standard InChI is InChI=1S/C11H26N2O/c1-10(8-12)9-13(4)7-6-11(2,3)14-5/h10H,6-9,12H2,1-5H3. The molecule has 0 radical (unpaired) electrons. The maximum absolute atomic E-state index is 5.58. The largest absolute Gasteiger partial charge is 0.379 e. The van der Waals surface area contributed by atoms with Crippen molar-refractivity contribution in [2.75, 3.05) is 33.8 Å². The number of nitrogens with two attached hydrogens (primary N) is 1. The molecule has 0 saturated carbocycles. The summed E-state index contributed by atoms with van der Waals surface area (Å²) >= 11 is 0. The lowest BCUT2D eigenvalue weighted by atomic mass is 10.0. The molecule has 1 atom stereocenters. The molecule has 0 aromatic rings. The lowest BCUT2D eigenvalue weighted by Gasteiger charge is -2.27. The fourth-order valence-corrected chi connectivity index (χ4v) is 1.26. The molecule has 0 heterocycles. The van der Waals surface area contributed by atoms with E-state index in [1.54, 1.807) is 7.11 Å². The van der Waals surface area contributed by atoms with Gasteiger partial charge in [-0.15, -0.1) is 0 Å². The maximum atomic E-state index is 5.58. The molecule has 0 bridgehead atoms. The number of hydrogen-bond donors (Lipinski definition) is 1. The molecule has 0 rings (SSSR count). The van der Waals surface area contributed by atoms with Crippen molar-refractivity contribution in [3.05, 3.63) is 0 Å². The van der Waals surface area contributed by atoms with Crippen molar-refractivity contribution in [3.8, 4) is 0 Å². The first-order valence-electron chi connectivity index (χ1n) is 5.35. The highest BCUT2D eigenvalue weighted by Gasteiger charge is 2.17. The molecule has 3 heteroatoms. The van der Waals surface area contributed by atoms with E-state index in [0.717, 1.165) is 26.1 Å². The van der Waals surface area contributed by atoms with Crippen LogP contribution in [0.5, 0.6) is 0 Å². The van der Waals surface area contributed by atoms with Gasteiger partial charge in [-0.05, 0) is 39.8 Å². The molecule has 3 nitrogen and oxygen atoms in total. The van der Waals surface area contributed by atoms with Gasteiger partial charge in [0, 0.05) is 20.2 Å². The first-order chi connectivity index (χ1) is 6.41. The molecule has 0 spiro atoms. The highest BCUT2D eigenvalue weighted by atomic mass is 16.5. The zero-order valence-electron chi connectivity index (χ0n) is 10.3. The molecule has 2 N–H and O–H groups in total. The van der Waals surface area contributed by atoms with Crippen molar-refractivity contribution < 1.29 is 4.74 Å². The third-order valence-corrected chi connectivity index (χ3v) is 2.67. The van der Waals surface area contributed by atoms with E-state index in [0.29, 0.717) is 5.92 Å². The molecule has 0 aliphatic rings. The van der Waals surface area contributed by atoms with Gasteiger partial charge in [-0.3, -0.25) is 0 Å². The van der Waals surface area contributed by atoms with Crippen LogP contribution in [0, 0.1) is 5.92 Å². The van der Waals surface area contributed by atoms with Crippen molar-refractivity contribution in [2.45, 2.75) is 32.8 Å². The second-order valence-corrected chi connectivity index (χ2v) is 4.82. The Bertz CT molecular complexity index is 148. The smallest absolute Gasteiger partial charge is 0.0634 e. The van der Waals surface area contributed by atoms with E-state index in [-0.39, 0.29) is 5.60 Å². The lowest BCUT2D eigenvalue weighted by Crippen LogP contribution is -2.33. The van der Waals surface area contributed by atoms with Gasteiger partial charge in [0.15, 0.2) is 0 Å². The predicted molar refractivity (Wildman–Crippen MR) is 61.4 cm³/mol. The van der Waals surface area contributed by atoms with Gasteiger partial charge in [-0.25, -0.2) is 0 Å². The van der Waals surface area contributed by atoms with E-state index < -0.39 is 0 Å². The van der Waals surface area contributed by atoms with Crippen molar-refractivity contribution in [2.24, 2.45) is 11.7 Å². The Morgan fingerprint density at radius 2 is 2.00 bits per heavy atom. The van der Waals surface area contributed by atoms with Crippen molar-refractivity contribution in [3.63, 3.8) is 0 Å². The fourth-order valence-electron chi connectivity index (χ4n) is 1.26. The Hall–Kier alpha value is -0.120. The van der Waals surface area contributed by atoms with Gasteiger partial charge in [0.2, 0.25) is 0 Å². The van der Waals surface area contributed by atoms with Gasteiger partial charge >= 0.3 is 0 Å². The summed E-state index contributed by atoms with van der Waals surface area (Å²) in [6.45, 7) is 9.30. The van der Waals surface area contributed by atoms with Crippen LogP contribution in [0.25, 0.3) is 0 Å². The predicted octanol–water partition coefficient (Wildman–Crippen LogP) is 1.33. The molecule has 0 aromatic heterocycles. The van der Waals surface area contributed by atoms with E-state index in [1.807, 2.05) is 0 Å². The Morgan fingerprint density at radius 1 is 1.43 bits per heavy atom. The average Bonchev–Trinajstić information content (AvgIpc) is 2.15. The highest BCUT2D eigenvalue weighted by molar-refractivity contribution is 4.70. The summed E-state index contributed by atoms with van der Waals surface area (Å²) in [5, 5.41) is 0. The number of methoxy groups -OCH3 is 1. The molecule has 0 aliphatic carbocycles. The van der Waals surface area contributed by atoms with Gasteiger partial charge in [-0.2, -0.15) is 0 Å². The van der Waals surface area contributed by atoms with Crippen LogP contribution in [0.2, 0.25) is 0 Å². The van der Waals surface area contributed by atoms with Crippen LogP contribution in [0.15, 0.2) is 0 Å². The molecule has 86 valence electrons. The van der Waals surface area contributed by atoms with Crippen LogP contribution in [-0.2, 0) is 4.74 Å². The van der Waals surface area contributed by atoms with E-state index in [4.69, 9.17) is 10.5 Å². The molecule has 0 amide bonds. The zero-order chi connectivity index (χ0) is 11.2. The van der Waals surface area contributed by atoms with Gasteiger partial charge < -0.3 is 15.4 Å². The highest BCUT2D eigenvalue weighted by Crippen LogP contribution is 2.13. The van der Waals surface area contributed by atoms with Crippen LogP contribution < -0.4 is 5.73 Å². The van der Waals surface area contributed by atoms with Crippen molar-refractivity contribution in [1.82, 2.24) is 4.90 Å². The molecular weight excluding hydrogens is 176 g/mol. The summed E-state index contributed by atoms with van der Waals surface area (Å²) in [6, 6.07) is 0. The normalized spacial score (nSPS) is 14.8. The molecular formula is C11H26N2O. The summed E-state index contributed by atoms with van der Waals surface area (Å²) in [4.78, 5) is 2.32. The Morgan fingerprint density at radius 3 is 2.43 bits per heavy atom. The SMILES string of the molecule is COC(C)(C)CCN(C)CC(C)CN. The van der Waals surface area contributed by atoms with Gasteiger partial charge in [0.1, 0.15) is 0 Å². The molecule has 0 fully saturated rings. The summed E-state index contributed by atoms with van der Waals surface area (Å²) in [7, 11) is 3.90. The summed E-state index contributed by atoms with van der Waals surface area (Å²) in [5.74, 6) is 0.575. The van der Waals surface area contributed by atoms with E-state index >= 15 is 0 Å². The van der Waals surface area contributed by atoms with Gasteiger partial charge in [0.05, 0.1) is 5.60 Å². The Balaban J connectivity index is 3.68. The van der Waals surface area contributed by atoms with Crippen LogP contribution in [0.4, 0.5) is 0 Å². The van der Waals surface area contributed by atoms with Crippen LogP contribution in [-0.4, -0.2) is 44.3 Å². The summed E-state index contributed by atoms with van der Waals surface area (Å²) in [6.07, 6.45) is 1.05. The number of ether oxygens (including phenoxy) is 1. The van der Waals surface area contributed by atoms with Crippen molar-refractivity contribution in [1.29, 1.82) is 0 Å². The van der Waals surface area contributed by atoms with Gasteiger partial charge in [-0.1, -0.05) is 6.92 Å². The topological polar surface area (TPSA) is 38.5 Å². The second-order valence-electron chi connectivity index (χ2n) is 4.82. The Kier molecular flexibility index (Phi) is 6.33. The minimum absolute atomic E-state index is 0.0137. The third-order valence-electron chi connectivity index (χ3n) is 2.67. The van der Waals surface area contributed by atoms with Crippen molar-refractivity contribution >= 4 is 0 Å².